The minimum absolute atomic E-state index is 0.381. The zero-order valence-corrected chi connectivity index (χ0v) is 12.4. The van der Waals surface area contributed by atoms with Gasteiger partial charge < -0.3 is 9.15 Å². The van der Waals surface area contributed by atoms with E-state index in [0.717, 1.165) is 0 Å². The highest BCUT2D eigenvalue weighted by Gasteiger charge is 2.13. The molecule has 4 nitrogen and oxygen atoms in total. The van der Waals surface area contributed by atoms with Gasteiger partial charge in [0.1, 0.15) is 11.3 Å². The Kier molecular flexibility index (Phi) is 3.57. The van der Waals surface area contributed by atoms with Crippen LogP contribution in [0, 0.1) is 0 Å². The first-order valence-electron chi connectivity index (χ1n) is 6.07. The summed E-state index contributed by atoms with van der Waals surface area (Å²) in [5.74, 6) is 0.405. The molecule has 106 valence electrons. The Morgan fingerprint density at radius 2 is 2.00 bits per heavy atom. The van der Waals surface area contributed by atoms with Crippen LogP contribution in [0.5, 0.6) is 5.75 Å². The monoisotopic (exact) mass is 321 g/mol. The lowest BCUT2D eigenvalue weighted by molar-refractivity contribution is -0.131. The van der Waals surface area contributed by atoms with Crippen molar-refractivity contribution in [3.05, 3.63) is 46.4 Å². The van der Waals surface area contributed by atoms with Crippen LogP contribution < -0.4 is 4.74 Å². The molecular formula is C15H9Cl2NO3. The number of oxazole rings is 1. The molecule has 0 spiro atoms. The molecule has 0 aliphatic heterocycles. The van der Waals surface area contributed by atoms with Crippen molar-refractivity contribution in [3.63, 3.8) is 0 Å². The third kappa shape index (κ3) is 2.86. The summed E-state index contributed by atoms with van der Waals surface area (Å²) in [6, 6.07) is 10.0. The SMILES string of the molecule is CC(=O)Oc1ccc2oc(-c3ccc(Cl)cc3Cl)nc2c1. The third-order valence-corrected chi connectivity index (χ3v) is 3.33. The number of nitrogens with zero attached hydrogens (tertiary/aromatic N) is 1. The van der Waals surface area contributed by atoms with Gasteiger partial charge in [0.2, 0.25) is 5.89 Å². The number of benzene rings is 2. The minimum Gasteiger partial charge on any atom is -0.436 e. The number of halogens is 2. The quantitative estimate of drug-likeness (QED) is 0.506. The fourth-order valence-corrected chi connectivity index (χ4v) is 2.40. The second-order valence-corrected chi connectivity index (χ2v) is 5.21. The maximum Gasteiger partial charge on any atom is 0.308 e. The average Bonchev–Trinajstić information content (AvgIpc) is 2.80. The van der Waals surface area contributed by atoms with Crippen LogP contribution in [0.25, 0.3) is 22.6 Å². The first-order valence-corrected chi connectivity index (χ1v) is 6.83. The van der Waals surface area contributed by atoms with Crippen LogP contribution >= 0.6 is 23.2 Å². The molecule has 3 rings (SSSR count). The Bertz CT molecular complexity index is 842. The van der Waals surface area contributed by atoms with E-state index in [1.54, 1.807) is 36.4 Å². The maximum absolute atomic E-state index is 11.0. The highest BCUT2D eigenvalue weighted by atomic mass is 35.5. The molecule has 0 N–H and O–H groups in total. The smallest absolute Gasteiger partial charge is 0.308 e. The molecule has 0 saturated heterocycles. The van der Waals surface area contributed by atoms with Gasteiger partial charge in [-0.2, -0.15) is 0 Å². The summed E-state index contributed by atoms with van der Waals surface area (Å²) >= 11 is 12.0. The number of hydrogen-bond acceptors (Lipinski definition) is 4. The predicted octanol–water partition coefficient (Wildman–Crippen LogP) is 4.73. The number of carbonyl (C=O) groups is 1. The third-order valence-electron chi connectivity index (χ3n) is 2.78. The van der Waals surface area contributed by atoms with Gasteiger partial charge in [-0.05, 0) is 30.3 Å². The summed E-state index contributed by atoms with van der Waals surface area (Å²) in [6.45, 7) is 1.34. The van der Waals surface area contributed by atoms with Gasteiger partial charge in [0.05, 0.1) is 10.6 Å². The average molecular weight is 322 g/mol. The summed E-state index contributed by atoms with van der Waals surface area (Å²) < 4.78 is 10.7. The van der Waals surface area contributed by atoms with Crippen LogP contribution in [0.3, 0.4) is 0 Å². The molecular weight excluding hydrogens is 313 g/mol. The van der Waals surface area contributed by atoms with E-state index in [0.29, 0.717) is 38.3 Å². The molecule has 1 aromatic heterocycles. The van der Waals surface area contributed by atoms with E-state index < -0.39 is 0 Å². The number of esters is 1. The van der Waals surface area contributed by atoms with Gasteiger partial charge in [0.25, 0.3) is 0 Å². The number of hydrogen-bond donors (Lipinski definition) is 0. The van der Waals surface area contributed by atoms with E-state index in [1.165, 1.54) is 6.92 Å². The fraction of sp³-hybridized carbons (Fsp3) is 0.0667. The molecule has 6 heteroatoms. The summed E-state index contributed by atoms with van der Waals surface area (Å²) in [5.41, 5.74) is 1.80. The maximum atomic E-state index is 11.0. The normalized spacial score (nSPS) is 10.8. The molecule has 2 aromatic carbocycles. The Labute approximate surface area is 130 Å². The summed E-state index contributed by atoms with van der Waals surface area (Å²) in [4.78, 5) is 15.3. The molecule has 0 bridgehead atoms. The van der Waals surface area contributed by atoms with Crippen molar-refractivity contribution in [2.24, 2.45) is 0 Å². The number of aromatic nitrogens is 1. The first-order chi connectivity index (χ1) is 10.0. The van der Waals surface area contributed by atoms with Crippen LogP contribution in [-0.2, 0) is 4.79 Å². The Morgan fingerprint density at radius 1 is 1.19 bits per heavy atom. The van der Waals surface area contributed by atoms with Crippen molar-refractivity contribution in [1.82, 2.24) is 4.98 Å². The first kappa shape index (κ1) is 13.9. The van der Waals surface area contributed by atoms with Crippen molar-refractivity contribution in [3.8, 4) is 17.2 Å². The van der Waals surface area contributed by atoms with Crippen LogP contribution in [0.1, 0.15) is 6.92 Å². The van der Waals surface area contributed by atoms with Gasteiger partial charge in [-0.3, -0.25) is 4.79 Å². The largest absolute Gasteiger partial charge is 0.436 e. The van der Waals surface area contributed by atoms with Gasteiger partial charge in [-0.1, -0.05) is 23.2 Å². The van der Waals surface area contributed by atoms with E-state index in [2.05, 4.69) is 4.98 Å². The second-order valence-electron chi connectivity index (χ2n) is 4.37. The van der Waals surface area contributed by atoms with Gasteiger partial charge in [0.15, 0.2) is 5.58 Å². The van der Waals surface area contributed by atoms with Gasteiger partial charge in [0, 0.05) is 18.0 Å². The van der Waals surface area contributed by atoms with Gasteiger partial charge in [-0.15, -0.1) is 0 Å². The molecule has 0 fully saturated rings. The van der Waals surface area contributed by atoms with E-state index >= 15 is 0 Å². The van der Waals surface area contributed by atoms with Gasteiger partial charge >= 0.3 is 5.97 Å². The Morgan fingerprint density at radius 3 is 2.71 bits per heavy atom. The predicted molar refractivity (Wildman–Crippen MR) is 80.8 cm³/mol. The molecule has 0 aliphatic rings. The summed E-state index contributed by atoms with van der Waals surface area (Å²) in [7, 11) is 0. The van der Waals surface area contributed by atoms with Crippen LogP contribution in [0.4, 0.5) is 0 Å². The molecule has 0 saturated carbocycles. The van der Waals surface area contributed by atoms with Crippen molar-refractivity contribution >= 4 is 40.3 Å². The fourth-order valence-electron chi connectivity index (χ4n) is 1.91. The number of rotatable bonds is 2. The zero-order chi connectivity index (χ0) is 15.0. The highest BCUT2D eigenvalue weighted by Crippen LogP contribution is 2.32. The zero-order valence-electron chi connectivity index (χ0n) is 10.9. The van der Waals surface area contributed by atoms with E-state index in [1.807, 2.05) is 0 Å². The summed E-state index contributed by atoms with van der Waals surface area (Å²) in [6.07, 6.45) is 0. The molecule has 1 heterocycles. The van der Waals surface area contributed by atoms with Gasteiger partial charge in [-0.25, -0.2) is 4.98 Å². The van der Waals surface area contributed by atoms with Crippen molar-refractivity contribution in [2.45, 2.75) is 6.92 Å². The van der Waals surface area contributed by atoms with Crippen LogP contribution in [0.2, 0.25) is 10.0 Å². The van der Waals surface area contributed by atoms with E-state index in [9.17, 15) is 4.79 Å². The van der Waals surface area contributed by atoms with Crippen LogP contribution in [-0.4, -0.2) is 11.0 Å². The molecule has 0 aliphatic carbocycles. The lowest BCUT2D eigenvalue weighted by atomic mass is 10.2. The number of ether oxygens (including phenoxy) is 1. The van der Waals surface area contributed by atoms with Crippen molar-refractivity contribution in [2.75, 3.05) is 0 Å². The van der Waals surface area contributed by atoms with E-state index in [4.69, 9.17) is 32.4 Å². The Balaban J connectivity index is 2.06. The molecule has 21 heavy (non-hydrogen) atoms. The number of fused-ring (bicyclic) bond motifs is 1. The molecule has 0 radical (unpaired) electrons. The van der Waals surface area contributed by atoms with Crippen LogP contribution in [0.15, 0.2) is 40.8 Å². The molecule has 0 atom stereocenters. The second kappa shape index (κ2) is 5.39. The standard InChI is InChI=1S/C15H9Cl2NO3/c1-8(19)20-10-3-5-14-13(7-10)18-15(21-14)11-4-2-9(16)6-12(11)17/h2-7H,1H3. The molecule has 0 unspecified atom stereocenters. The van der Waals surface area contributed by atoms with Crippen molar-refractivity contribution in [1.29, 1.82) is 0 Å². The lowest BCUT2D eigenvalue weighted by Gasteiger charge is -1.99. The minimum atomic E-state index is -0.390. The molecule has 0 amide bonds. The topological polar surface area (TPSA) is 52.3 Å². The highest BCUT2D eigenvalue weighted by molar-refractivity contribution is 6.36. The van der Waals surface area contributed by atoms with E-state index in [-0.39, 0.29) is 5.97 Å². The number of carbonyl (C=O) groups excluding carboxylic acids is 1. The van der Waals surface area contributed by atoms with Crippen molar-refractivity contribution < 1.29 is 13.9 Å². The molecule has 3 aromatic rings. The Hall–Kier alpha value is -2.04. The lowest BCUT2D eigenvalue weighted by Crippen LogP contribution is -2.00. The summed E-state index contributed by atoms with van der Waals surface area (Å²) in [5, 5.41) is 0.992.